The summed E-state index contributed by atoms with van der Waals surface area (Å²) in [6.45, 7) is 8.87. The van der Waals surface area contributed by atoms with Gasteiger partial charge >= 0.3 is 5.19 Å². The molecule has 0 radical (unpaired) electrons. The normalized spacial score (nSPS) is 14.9. The first-order valence-corrected chi connectivity index (χ1v) is 11.5. The Hall–Kier alpha value is -4.06. The van der Waals surface area contributed by atoms with Crippen LogP contribution < -0.4 is 15.6 Å². The first-order chi connectivity index (χ1) is 16.6. The Morgan fingerprint density at radius 1 is 1.17 bits per heavy atom. The molecule has 4 rings (SSSR count). The Kier molecular flexibility index (Phi) is 6.65. The van der Waals surface area contributed by atoms with Crippen molar-refractivity contribution in [2.75, 3.05) is 25.0 Å². The number of ether oxygens (including phenoxy) is 1. The van der Waals surface area contributed by atoms with Gasteiger partial charge in [-0.15, -0.1) is 5.10 Å². The topological polar surface area (TPSA) is 121 Å². The summed E-state index contributed by atoms with van der Waals surface area (Å²) in [6.07, 6.45) is 1.40. The molecule has 0 bridgehead atoms. The molecule has 3 aromatic rings. The number of benzene rings is 1. The highest BCUT2D eigenvalue weighted by Crippen LogP contribution is 2.29. The van der Waals surface area contributed by atoms with Crippen molar-refractivity contribution >= 4 is 28.3 Å². The third kappa shape index (κ3) is 5.54. The molecule has 0 spiro atoms. The van der Waals surface area contributed by atoms with E-state index in [1.807, 2.05) is 18.7 Å². The van der Waals surface area contributed by atoms with Crippen LogP contribution >= 0.6 is 11.3 Å². The Labute approximate surface area is 204 Å². The number of pyridine rings is 1. The van der Waals surface area contributed by atoms with E-state index in [1.54, 1.807) is 4.90 Å². The van der Waals surface area contributed by atoms with Crippen LogP contribution in [-0.4, -0.2) is 62.0 Å². The van der Waals surface area contributed by atoms with Gasteiger partial charge in [0.15, 0.2) is 0 Å². The molecule has 1 fully saturated rings. The average Bonchev–Trinajstić information content (AvgIpc) is 3.26. The van der Waals surface area contributed by atoms with Gasteiger partial charge in [-0.05, 0) is 55.5 Å². The van der Waals surface area contributed by atoms with Crippen molar-refractivity contribution in [2.45, 2.75) is 19.4 Å². The van der Waals surface area contributed by atoms with Gasteiger partial charge in [-0.25, -0.2) is 4.39 Å². The lowest BCUT2D eigenvalue weighted by Crippen LogP contribution is -2.61. The Balaban J connectivity index is 1.36. The highest BCUT2D eigenvalue weighted by atomic mass is 32.1. The SMILES string of the molecule is C=C(C(=O)Nc1nnc(Oc2ccc(F)cc2)s1)N1CCN(C(=O)c2ccc(=O)[nH]c2)C(C)(C)C1. The van der Waals surface area contributed by atoms with Crippen molar-refractivity contribution in [3.63, 3.8) is 0 Å². The molecule has 35 heavy (non-hydrogen) atoms. The number of piperazine rings is 1. The molecule has 0 aliphatic carbocycles. The number of nitrogens with zero attached hydrogens (tertiary/aromatic N) is 4. The number of hydrogen-bond donors (Lipinski definition) is 2. The number of H-pyrrole nitrogens is 1. The van der Waals surface area contributed by atoms with Gasteiger partial charge in [0.2, 0.25) is 10.7 Å². The minimum absolute atomic E-state index is 0.188. The van der Waals surface area contributed by atoms with Gasteiger partial charge in [0.05, 0.1) is 16.8 Å². The van der Waals surface area contributed by atoms with Crippen molar-refractivity contribution in [1.82, 2.24) is 25.0 Å². The van der Waals surface area contributed by atoms with E-state index in [1.165, 1.54) is 42.6 Å². The molecule has 1 aromatic carbocycles. The molecular formula is C23H23FN6O4S. The van der Waals surface area contributed by atoms with Crippen LogP contribution in [-0.2, 0) is 4.79 Å². The summed E-state index contributed by atoms with van der Waals surface area (Å²) in [5.74, 6) is -0.651. The zero-order chi connectivity index (χ0) is 25.2. The first-order valence-electron chi connectivity index (χ1n) is 10.7. The number of nitrogens with one attached hydrogen (secondary N) is 2. The highest BCUT2D eigenvalue weighted by molar-refractivity contribution is 7.17. The van der Waals surface area contributed by atoms with Crippen LogP contribution in [0.15, 0.2) is 59.7 Å². The van der Waals surface area contributed by atoms with Crippen LogP contribution in [0.3, 0.4) is 0 Å². The smallest absolute Gasteiger partial charge is 0.301 e. The van der Waals surface area contributed by atoms with Crippen LogP contribution in [0, 0.1) is 5.82 Å². The molecule has 0 atom stereocenters. The maximum atomic E-state index is 13.0. The number of anilines is 1. The summed E-state index contributed by atoms with van der Waals surface area (Å²) in [6, 6.07) is 8.25. The molecule has 2 aromatic heterocycles. The zero-order valence-electron chi connectivity index (χ0n) is 19.1. The lowest BCUT2D eigenvalue weighted by Gasteiger charge is -2.48. The molecule has 10 nitrogen and oxygen atoms in total. The molecule has 1 aliphatic heterocycles. The summed E-state index contributed by atoms with van der Waals surface area (Å²) in [5, 5.41) is 10.8. The number of carbonyl (C=O) groups is 2. The second-order valence-electron chi connectivity index (χ2n) is 8.46. The molecular weight excluding hydrogens is 475 g/mol. The maximum absolute atomic E-state index is 13.0. The number of carbonyl (C=O) groups excluding carboxylic acids is 2. The monoisotopic (exact) mass is 498 g/mol. The third-order valence-corrected chi connectivity index (χ3v) is 6.18. The summed E-state index contributed by atoms with van der Waals surface area (Å²) in [4.78, 5) is 43.1. The third-order valence-electron chi connectivity index (χ3n) is 5.47. The lowest BCUT2D eigenvalue weighted by atomic mass is 9.97. The van der Waals surface area contributed by atoms with Gasteiger partial charge in [0, 0.05) is 31.9 Å². The van der Waals surface area contributed by atoms with Crippen LogP contribution in [0.5, 0.6) is 10.9 Å². The van der Waals surface area contributed by atoms with E-state index in [0.717, 1.165) is 11.3 Å². The van der Waals surface area contributed by atoms with E-state index >= 15 is 0 Å². The molecule has 12 heteroatoms. The van der Waals surface area contributed by atoms with E-state index in [2.05, 4.69) is 27.1 Å². The van der Waals surface area contributed by atoms with E-state index in [9.17, 15) is 18.8 Å². The number of amides is 2. The van der Waals surface area contributed by atoms with E-state index in [4.69, 9.17) is 4.74 Å². The fraction of sp³-hybridized carbons (Fsp3) is 0.261. The average molecular weight is 499 g/mol. The molecule has 0 unspecified atom stereocenters. The van der Waals surface area contributed by atoms with E-state index < -0.39 is 11.4 Å². The second-order valence-corrected chi connectivity index (χ2v) is 9.40. The fourth-order valence-corrected chi connectivity index (χ4v) is 4.29. The number of hydrogen-bond acceptors (Lipinski definition) is 8. The number of aromatic nitrogens is 3. The minimum Gasteiger partial charge on any atom is -0.430 e. The van der Waals surface area contributed by atoms with E-state index in [-0.39, 0.29) is 33.3 Å². The molecule has 1 saturated heterocycles. The Morgan fingerprint density at radius 3 is 2.57 bits per heavy atom. The predicted molar refractivity (Wildman–Crippen MR) is 128 cm³/mol. The largest absolute Gasteiger partial charge is 0.430 e. The van der Waals surface area contributed by atoms with E-state index in [0.29, 0.717) is 30.9 Å². The molecule has 2 amide bonds. The summed E-state index contributed by atoms with van der Waals surface area (Å²) < 4.78 is 18.5. The van der Waals surface area contributed by atoms with Crippen molar-refractivity contribution in [3.8, 4) is 10.9 Å². The zero-order valence-corrected chi connectivity index (χ0v) is 19.9. The van der Waals surface area contributed by atoms with Gasteiger partial charge in [-0.2, -0.15) is 0 Å². The Morgan fingerprint density at radius 2 is 1.91 bits per heavy atom. The van der Waals surface area contributed by atoms with Crippen LogP contribution in [0.1, 0.15) is 24.2 Å². The molecule has 0 saturated carbocycles. The highest BCUT2D eigenvalue weighted by Gasteiger charge is 2.38. The summed E-state index contributed by atoms with van der Waals surface area (Å²) >= 11 is 1.02. The van der Waals surface area contributed by atoms with Gasteiger partial charge < -0.3 is 19.5 Å². The standard InChI is InChI=1S/C23H23FN6O4S/c1-14(19(32)26-21-27-28-22(35-21)34-17-7-5-16(24)6-8-17)29-10-11-30(23(2,3)13-29)20(33)15-4-9-18(31)25-12-15/h4-9,12H,1,10-11,13H2,2-3H3,(H,25,31)(H,26,27,32). The molecule has 3 heterocycles. The number of aromatic amines is 1. The van der Waals surface area contributed by atoms with Crippen molar-refractivity contribution in [2.24, 2.45) is 0 Å². The first kappa shape index (κ1) is 24.1. The van der Waals surface area contributed by atoms with Gasteiger partial charge in [0.25, 0.3) is 11.8 Å². The minimum atomic E-state index is -0.604. The maximum Gasteiger partial charge on any atom is 0.301 e. The lowest BCUT2D eigenvalue weighted by molar-refractivity contribution is -0.114. The molecule has 2 N–H and O–H groups in total. The van der Waals surface area contributed by atoms with Gasteiger partial charge in [0.1, 0.15) is 11.6 Å². The number of halogens is 1. The summed E-state index contributed by atoms with van der Waals surface area (Å²) in [7, 11) is 0. The summed E-state index contributed by atoms with van der Waals surface area (Å²) in [5.41, 5.74) is -0.270. The van der Waals surface area contributed by atoms with Gasteiger partial charge in [-0.1, -0.05) is 11.7 Å². The second kappa shape index (κ2) is 9.66. The van der Waals surface area contributed by atoms with Crippen LogP contribution in [0.2, 0.25) is 0 Å². The van der Waals surface area contributed by atoms with Crippen LogP contribution in [0.4, 0.5) is 9.52 Å². The molecule has 182 valence electrons. The van der Waals surface area contributed by atoms with Gasteiger partial charge in [-0.3, -0.25) is 19.7 Å². The quantitative estimate of drug-likeness (QED) is 0.502. The van der Waals surface area contributed by atoms with Crippen LogP contribution in [0.25, 0.3) is 0 Å². The fourth-order valence-electron chi connectivity index (χ4n) is 3.68. The predicted octanol–water partition coefficient (Wildman–Crippen LogP) is 2.85. The number of rotatable bonds is 6. The van der Waals surface area contributed by atoms with Crippen molar-refractivity contribution in [1.29, 1.82) is 0 Å². The van der Waals surface area contributed by atoms with Crippen molar-refractivity contribution < 1.29 is 18.7 Å². The Bertz CT molecular complexity index is 1300. The van der Waals surface area contributed by atoms with Crippen molar-refractivity contribution in [3.05, 3.63) is 76.6 Å². The molecule has 1 aliphatic rings.